The van der Waals surface area contributed by atoms with E-state index < -0.39 is 0 Å². The minimum absolute atomic E-state index is 0. The smallest absolute Gasteiger partial charge is 0.219 e. The molecule has 6 nitrogen and oxygen atoms in total. The molecular formula is C22H35IN4O2. The van der Waals surface area contributed by atoms with Gasteiger partial charge in [-0.2, -0.15) is 0 Å². The van der Waals surface area contributed by atoms with Crippen LogP contribution in [0.15, 0.2) is 29.3 Å². The van der Waals surface area contributed by atoms with Crippen molar-refractivity contribution in [3.05, 3.63) is 29.8 Å². The number of piperazine rings is 1. The third-order valence-corrected chi connectivity index (χ3v) is 5.52. The minimum Gasteiger partial charge on any atom is -0.490 e. The van der Waals surface area contributed by atoms with Crippen LogP contribution in [0.2, 0.25) is 0 Å². The zero-order chi connectivity index (χ0) is 19.8. The molecular weight excluding hydrogens is 479 g/mol. The van der Waals surface area contributed by atoms with Gasteiger partial charge in [-0.3, -0.25) is 4.79 Å². The van der Waals surface area contributed by atoms with Crippen molar-refractivity contribution in [2.75, 3.05) is 32.7 Å². The predicted octanol–water partition coefficient (Wildman–Crippen LogP) is 3.65. The van der Waals surface area contributed by atoms with Crippen LogP contribution in [0, 0.1) is 0 Å². The number of nitrogens with one attached hydrogen (secondary N) is 1. The number of carbonyl (C=O) groups excluding carboxylic acids is 1. The van der Waals surface area contributed by atoms with Crippen molar-refractivity contribution in [1.82, 2.24) is 15.1 Å². The number of amides is 1. The minimum atomic E-state index is 0. The third-order valence-electron chi connectivity index (χ3n) is 5.52. The van der Waals surface area contributed by atoms with Crippen LogP contribution in [0.25, 0.3) is 0 Å². The van der Waals surface area contributed by atoms with Gasteiger partial charge in [0, 0.05) is 39.6 Å². The molecule has 1 N–H and O–H groups in total. The van der Waals surface area contributed by atoms with Crippen molar-refractivity contribution < 1.29 is 9.53 Å². The Morgan fingerprint density at radius 3 is 2.48 bits per heavy atom. The highest BCUT2D eigenvalue weighted by Crippen LogP contribution is 2.24. The summed E-state index contributed by atoms with van der Waals surface area (Å²) in [4.78, 5) is 20.5. The van der Waals surface area contributed by atoms with Crippen LogP contribution in [0.1, 0.15) is 51.5 Å². The number of benzene rings is 1. The fourth-order valence-electron chi connectivity index (χ4n) is 3.92. The maximum Gasteiger partial charge on any atom is 0.219 e. The van der Waals surface area contributed by atoms with E-state index in [0.29, 0.717) is 12.6 Å². The SMILES string of the molecule is CCNC(=NCc1cccc(OC2CCCCC2)c1)N1CCN(C(C)=O)CC1.I. The Hall–Kier alpha value is -1.51. The van der Waals surface area contributed by atoms with E-state index in [1.165, 1.54) is 32.1 Å². The number of aliphatic imine (C=N–C) groups is 1. The fourth-order valence-corrected chi connectivity index (χ4v) is 3.92. The molecule has 1 saturated heterocycles. The molecule has 1 aromatic carbocycles. The molecule has 0 bridgehead atoms. The van der Waals surface area contributed by atoms with Gasteiger partial charge in [0.05, 0.1) is 12.6 Å². The summed E-state index contributed by atoms with van der Waals surface area (Å²) in [6.07, 6.45) is 6.58. The molecule has 0 atom stereocenters. The number of hydrogen-bond acceptors (Lipinski definition) is 3. The van der Waals surface area contributed by atoms with Gasteiger partial charge in [0.2, 0.25) is 5.91 Å². The lowest BCUT2D eigenvalue weighted by Gasteiger charge is -2.36. The topological polar surface area (TPSA) is 57.2 Å². The molecule has 1 amide bonds. The van der Waals surface area contributed by atoms with Crippen molar-refractivity contribution in [2.24, 2.45) is 4.99 Å². The molecule has 3 rings (SSSR count). The maximum atomic E-state index is 11.5. The number of carbonyl (C=O) groups is 1. The van der Waals surface area contributed by atoms with E-state index in [1.807, 2.05) is 11.0 Å². The molecule has 7 heteroatoms. The Labute approximate surface area is 192 Å². The van der Waals surface area contributed by atoms with E-state index in [2.05, 4.69) is 35.3 Å². The monoisotopic (exact) mass is 514 g/mol. The van der Waals surface area contributed by atoms with E-state index in [-0.39, 0.29) is 29.9 Å². The van der Waals surface area contributed by atoms with Crippen molar-refractivity contribution in [3.63, 3.8) is 0 Å². The molecule has 0 aromatic heterocycles. The van der Waals surface area contributed by atoms with Crippen molar-refractivity contribution >= 4 is 35.8 Å². The molecule has 1 saturated carbocycles. The summed E-state index contributed by atoms with van der Waals surface area (Å²) in [7, 11) is 0. The molecule has 1 aliphatic heterocycles. The first-order valence-electron chi connectivity index (χ1n) is 10.7. The standard InChI is InChI=1S/C22H34N4O2.HI/c1-3-23-22(26-14-12-25(13-15-26)18(2)27)24-17-19-8-7-11-21(16-19)28-20-9-5-4-6-10-20;/h7-8,11,16,20H,3-6,9-10,12-15,17H2,1-2H3,(H,23,24);1H. The van der Waals surface area contributed by atoms with Crippen molar-refractivity contribution in [2.45, 2.75) is 58.6 Å². The van der Waals surface area contributed by atoms with Gasteiger partial charge in [-0.15, -0.1) is 24.0 Å². The Bertz CT molecular complexity index is 669. The van der Waals surface area contributed by atoms with Crippen LogP contribution in [0.3, 0.4) is 0 Å². The van der Waals surface area contributed by atoms with Gasteiger partial charge in [0.15, 0.2) is 5.96 Å². The zero-order valence-electron chi connectivity index (χ0n) is 17.7. The van der Waals surface area contributed by atoms with Gasteiger partial charge in [0.1, 0.15) is 5.75 Å². The summed E-state index contributed by atoms with van der Waals surface area (Å²) in [5.74, 6) is 2.03. The number of rotatable bonds is 5. The summed E-state index contributed by atoms with van der Waals surface area (Å²) in [5, 5.41) is 3.39. The number of nitrogens with zero attached hydrogens (tertiary/aromatic N) is 3. The summed E-state index contributed by atoms with van der Waals surface area (Å²) in [6.45, 7) is 8.31. The third kappa shape index (κ3) is 7.35. The molecule has 2 aliphatic rings. The Kier molecular flexibility index (Phi) is 10.0. The number of ether oxygens (including phenoxy) is 1. The fraction of sp³-hybridized carbons (Fsp3) is 0.636. The molecule has 1 aliphatic carbocycles. The first-order chi connectivity index (χ1) is 13.7. The highest BCUT2D eigenvalue weighted by atomic mass is 127. The van der Waals surface area contributed by atoms with Gasteiger partial charge in [0.25, 0.3) is 0 Å². The van der Waals surface area contributed by atoms with Crippen LogP contribution in [-0.2, 0) is 11.3 Å². The van der Waals surface area contributed by atoms with Gasteiger partial charge in [-0.05, 0) is 50.3 Å². The molecule has 2 fully saturated rings. The largest absolute Gasteiger partial charge is 0.490 e. The average molecular weight is 514 g/mol. The second kappa shape index (κ2) is 12.2. The van der Waals surface area contributed by atoms with E-state index >= 15 is 0 Å². The van der Waals surface area contributed by atoms with Crippen LogP contribution < -0.4 is 10.1 Å². The van der Waals surface area contributed by atoms with Gasteiger partial charge < -0.3 is 19.9 Å². The van der Waals surface area contributed by atoms with Crippen LogP contribution >= 0.6 is 24.0 Å². The van der Waals surface area contributed by atoms with Gasteiger partial charge >= 0.3 is 0 Å². The normalized spacial score (nSPS) is 18.2. The van der Waals surface area contributed by atoms with E-state index in [4.69, 9.17) is 9.73 Å². The lowest BCUT2D eigenvalue weighted by atomic mass is 9.98. The number of guanidine groups is 1. The number of hydrogen-bond donors (Lipinski definition) is 1. The summed E-state index contributed by atoms with van der Waals surface area (Å²) < 4.78 is 6.19. The maximum absolute atomic E-state index is 11.5. The Balaban J connectivity index is 0.00000300. The first kappa shape index (κ1) is 23.8. The molecule has 0 spiro atoms. The summed E-state index contributed by atoms with van der Waals surface area (Å²) in [5.41, 5.74) is 1.16. The van der Waals surface area contributed by atoms with Crippen LogP contribution in [0.5, 0.6) is 5.75 Å². The van der Waals surface area contributed by atoms with Gasteiger partial charge in [-0.1, -0.05) is 18.6 Å². The second-order valence-corrected chi connectivity index (χ2v) is 7.69. The molecule has 1 aromatic rings. The molecule has 1 heterocycles. The summed E-state index contributed by atoms with van der Waals surface area (Å²) in [6, 6.07) is 8.33. The predicted molar refractivity (Wildman–Crippen MR) is 128 cm³/mol. The van der Waals surface area contributed by atoms with Crippen molar-refractivity contribution in [1.29, 1.82) is 0 Å². The van der Waals surface area contributed by atoms with E-state index in [1.54, 1.807) is 6.92 Å². The quantitative estimate of drug-likeness (QED) is 0.371. The summed E-state index contributed by atoms with van der Waals surface area (Å²) >= 11 is 0. The lowest BCUT2D eigenvalue weighted by molar-refractivity contribution is -0.130. The Morgan fingerprint density at radius 1 is 1.14 bits per heavy atom. The van der Waals surface area contributed by atoms with Gasteiger partial charge in [-0.25, -0.2) is 4.99 Å². The molecule has 162 valence electrons. The number of halogens is 1. The first-order valence-corrected chi connectivity index (χ1v) is 10.7. The Morgan fingerprint density at radius 2 is 1.83 bits per heavy atom. The van der Waals surface area contributed by atoms with E-state index in [0.717, 1.165) is 50.0 Å². The lowest BCUT2D eigenvalue weighted by Crippen LogP contribution is -2.53. The highest BCUT2D eigenvalue weighted by Gasteiger charge is 2.21. The van der Waals surface area contributed by atoms with Crippen LogP contribution in [0.4, 0.5) is 0 Å². The molecule has 29 heavy (non-hydrogen) atoms. The van der Waals surface area contributed by atoms with Crippen LogP contribution in [-0.4, -0.2) is 60.5 Å². The zero-order valence-corrected chi connectivity index (χ0v) is 20.1. The van der Waals surface area contributed by atoms with Crippen molar-refractivity contribution in [3.8, 4) is 5.75 Å². The molecule has 0 radical (unpaired) electrons. The highest BCUT2D eigenvalue weighted by molar-refractivity contribution is 14.0. The average Bonchev–Trinajstić information content (AvgIpc) is 2.72. The molecule has 0 unspecified atom stereocenters. The van der Waals surface area contributed by atoms with E-state index in [9.17, 15) is 4.79 Å². The second-order valence-electron chi connectivity index (χ2n) is 7.69.